The fourth-order valence-electron chi connectivity index (χ4n) is 4.67. The summed E-state index contributed by atoms with van der Waals surface area (Å²) in [5.74, 6) is 0. The van der Waals surface area contributed by atoms with Crippen LogP contribution < -0.4 is 24.8 Å². The Morgan fingerprint density at radius 1 is 0.931 bits per heavy atom. The summed E-state index contributed by atoms with van der Waals surface area (Å²) in [6.07, 6.45) is 8.05. The van der Waals surface area contributed by atoms with E-state index in [9.17, 15) is 0 Å². The minimum absolute atomic E-state index is 0. The van der Waals surface area contributed by atoms with Crippen LogP contribution in [0.15, 0.2) is 50.2 Å². The monoisotopic (exact) mass is 484 g/mol. The fourth-order valence-corrected chi connectivity index (χ4v) is 11.4. The van der Waals surface area contributed by atoms with Crippen molar-refractivity contribution in [2.45, 2.75) is 65.5 Å². The van der Waals surface area contributed by atoms with Gasteiger partial charge in [0.15, 0.2) is 0 Å². The van der Waals surface area contributed by atoms with Crippen LogP contribution in [0.3, 0.4) is 0 Å². The molecule has 0 radical (unpaired) electrons. The predicted molar refractivity (Wildman–Crippen MR) is 119 cm³/mol. The van der Waals surface area contributed by atoms with Gasteiger partial charge in [0.1, 0.15) is 0 Å². The summed E-state index contributed by atoms with van der Waals surface area (Å²) in [6.45, 7) is 16.7. The van der Waals surface area contributed by atoms with Crippen molar-refractivity contribution in [3.63, 3.8) is 0 Å². The summed E-state index contributed by atoms with van der Waals surface area (Å²) >= 11 is -0.239. The molecular formula is C25H35Cl2PTi. The van der Waals surface area contributed by atoms with Crippen molar-refractivity contribution >= 4 is 14.0 Å². The molecule has 2 aliphatic rings. The average Bonchev–Trinajstić information content (AvgIpc) is 3.07. The largest absolute Gasteiger partial charge is 1.00 e. The number of rotatable bonds is 7. The molecule has 3 rings (SSSR count). The summed E-state index contributed by atoms with van der Waals surface area (Å²) in [4.78, 5) is 0. The van der Waals surface area contributed by atoms with E-state index in [0.29, 0.717) is 4.22 Å². The molecule has 0 aliphatic heterocycles. The van der Waals surface area contributed by atoms with Gasteiger partial charge >= 0.3 is 178 Å². The molecule has 1 atom stereocenters. The van der Waals surface area contributed by atoms with Gasteiger partial charge in [-0.1, -0.05) is 0 Å². The van der Waals surface area contributed by atoms with Gasteiger partial charge in [-0.3, -0.25) is 0 Å². The van der Waals surface area contributed by atoms with Crippen LogP contribution >= 0.6 is 7.92 Å². The van der Waals surface area contributed by atoms with Crippen molar-refractivity contribution < 1.29 is 44.0 Å². The summed E-state index contributed by atoms with van der Waals surface area (Å²) in [7, 11) is 0.0211. The molecule has 0 heterocycles. The zero-order valence-corrected chi connectivity index (χ0v) is 23.0. The van der Waals surface area contributed by atoms with E-state index >= 15 is 0 Å². The SMILES string of the molecule is CCCP(CCC)C1=Cc2ccccc2[CH]1[Ti+2][C]1=C(C)C(C)=C(C)C1(C)C.[Cl-].[Cl-]. The summed E-state index contributed by atoms with van der Waals surface area (Å²) < 4.78 is 2.52. The molecule has 0 amide bonds. The second-order valence-corrected chi connectivity index (χ2v) is 13.3. The molecule has 0 aromatic heterocycles. The summed E-state index contributed by atoms with van der Waals surface area (Å²) in [6, 6.07) is 9.25. The topological polar surface area (TPSA) is 0 Å². The molecule has 29 heavy (non-hydrogen) atoms. The minimum atomic E-state index is -0.239. The number of halogens is 2. The van der Waals surface area contributed by atoms with Crippen molar-refractivity contribution in [2.75, 3.05) is 12.3 Å². The van der Waals surface area contributed by atoms with Crippen LogP contribution in [-0.2, 0) is 19.2 Å². The average molecular weight is 485 g/mol. The van der Waals surface area contributed by atoms with Crippen LogP contribution in [0.5, 0.6) is 0 Å². The Bertz CT molecular complexity index is 814. The van der Waals surface area contributed by atoms with Crippen molar-refractivity contribution in [3.8, 4) is 0 Å². The van der Waals surface area contributed by atoms with Crippen LogP contribution in [0.4, 0.5) is 0 Å². The Hall–Kier alpha value is 0.164. The Labute approximate surface area is 201 Å². The van der Waals surface area contributed by atoms with Crippen molar-refractivity contribution in [1.29, 1.82) is 0 Å². The smallest absolute Gasteiger partial charge is 1.00 e. The van der Waals surface area contributed by atoms with Crippen molar-refractivity contribution in [1.82, 2.24) is 0 Å². The molecule has 158 valence electrons. The van der Waals surface area contributed by atoms with Gasteiger partial charge in [0, 0.05) is 0 Å². The van der Waals surface area contributed by atoms with E-state index in [1.54, 1.807) is 26.2 Å². The maximum Gasteiger partial charge on any atom is -1.00 e. The Morgan fingerprint density at radius 3 is 2.03 bits per heavy atom. The zero-order valence-electron chi connectivity index (χ0n) is 19.0. The van der Waals surface area contributed by atoms with Gasteiger partial charge in [-0.05, 0) is 0 Å². The molecule has 1 unspecified atom stereocenters. The van der Waals surface area contributed by atoms with E-state index in [4.69, 9.17) is 0 Å². The molecule has 0 fully saturated rings. The molecule has 1 aromatic rings. The molecule has 0 saturated heterocycles. The number of hydrogen-bond acceptors (Lipinski definition) is 0. The maximum absolute atomic E-state index is 2.60. The molecule has 0 nitrogen and oxygen atoms in total. The second kappa shape index (κ2) is 11.2. The standard InChI is InChI=1S/C15H20P.C10H15.2ClH.Ti/c1-3-9-16(10-4-2)15-11-13-7-5-6-8-14(13)12-15;1-7-6-10(4,5)9(3)8(7)2;;;/h5-8,11-12H,3-4,9-10H2,1-2H3;1-5H3;2*1H;/q;;;;+2/p-2. The third-order valence-corrected chi connectivity index (χ3v) is 13.5. The molecule has 4 heteroatoms. The first-order valence-electron chi connectivity index (χ1n) is 10.5. The van der Waals surface area contributed by atoms with Gasteiger partial charge in [0.05, 0.1) is 0 Å². The third-order valence-electron chi connectivity index (χ3n) is 6.61. The Morgan fingerprint density at radius 2 is 1.52 bits per heavy atom. The van der Waals surface area contributed by atoms with Crippen LogP contribution in [-0.4, -0.2) is 12.3 Å². The van der Waals surface area contributed by atoms with Gasteiger partial charge in [0.25, 0.3) is 0 Å². The number of fused-ring (bicyclic) bond motifs is 1. The zero-order chi connectivity index (χ0) is 19.8. The Kier molecular flexibility index (Phi) is 10.5. The second-order valence-electron chi connectivity index (χ2n) is 8.64. The van der Waals surface area contributed by atoms with E-state index in [1.165, 1.54) is 30.7 Å². The summed E-state index contributed by atoms with van der Waals surface area (Å²) in [5.41, 5.74) is 8.16. The fraction of sp³-hybridized carbons (Fsp3) is 0.520. The molecular weight excluding hydrogens is 450 g/mol. The van der Waals surface area contributed by atoms with Crippen LogP contribution in [0.25, 0.3) is 6.08 Å². The van der Waals surface area contributed by atoms with Crippen LogP contribution in [0.1, 0.15) is 76.7 Å². The van der Waals surface area contributed by atoms with Crippen LogP contribution in [0, 0.1) is 5.41 Å². The van der Waals surface area contributed by atoms with E-state index < -0.39 is 0 Å². The van der Waals surface area contributed by atoms with Crippen LogP contribution in [0.2, 0.25) is 0 Å². The molecule has 0 spiro atoms. The number of allylic oxidation sites excluding steroid dienone is 5. The predicted octanol–water partition coefficient (Wildman–Crippen LogP) is 2.12. The molecule has 0 saturated carbocycles. The third kappa shape index (κ3) is 5.15. The van der Waals surface area contributed by atoms with Crippen molar-refractivity contribution in [3.05, 3.63) is 61.3 Å². The van der Waals surface area contributed by atoms with E-state index in [0.717, 1.165) is 0 Å². The van der Waals surface area contributed by atoms with Gasteiger partial charge < -0.3 is 24.8 Å². The molecule has 1 aromatic carbocycles. The number of benzene rings is 1. The minimum Gasteiger partial charge on any atom is -1.00 e. The quantitative estimate of drug-likeness (QED) is 0.410. The summed E-state index contributed by atoms with van der Waals surface area (Å²) in [5, 5.41) is 1.83. The van der Waals surface area contributed by atoms with Gasteiger partial charge in [-0.25, -0.2) is 0 Å². The number of hydrogen-bond donors (Lipinski definition) is 0. The molecule has 0 N–H and O–H groups in total. The normalized spacial score (nSPS) is 19.6. The first kappa shape index (κ1) is 27.2. The Balaban J connectivity index is 0.00000210. The molecule has 0 bridgehead atoms. The van der Waals surface area contributed by atoms with Crippen molar-refractivity contribution in [2.24, 2.45) is 5.41 Å². The maximum atomic E-state index is 2.60. The first-order valence-corrected chi connectivity index (χ1v) is 13.9. The molecule has 2 aliphatic carbocycles. The van der Waals surface area contributed by atoms with Gasteiger partial charge in [-0.2, -0.15) is 0 Å². The first-order chi connectivity index (χ1) is 12.8. The van der Waals surface area contributed by atoms with E-state index in [1.807, 2.05) is 5.31 Å². The van der Waals surface area contributed by atoms with Gasteiger partial charge in [-0.15, -0.1) is 0 Å². The van der Waals surface area contributed by atoms with E-state index in [2.05, 4.69) is 78.8 Å². The van der Waals surface area contributed by atoms with E-state index in [-0.39, 0.29) is 57.3 Å². The van der Waals surface area contributed by atoms with Gasteiger partial charge in [0.2, 0.25) is 0 Å².